The van der Waals surface area contributed by atoms with Gasteiger partial charge in [0.2, 0.25) is 11.8 Å². The average Bonchev–Trinajstić information content (AvgIpc) is 2.37. The van der Waals surface area contributed by atoms with Gasteiger partial charge in [0.1, 0.15) is 0 Å². The molecule has 0 aromatic carbocycles. The van der Waals surface area contributed by atoms with Crippen LogP contribution in [0.4, 0.5) is 0 Å². The molecule has 5 nitrogen and oxygen atoms in total. The second-order valence-electron chi connectivity index (χ2n) is 5.42. The molecule has 0 aromatic heterocycles. The summed E-state index contributed by atoms with van der Waals surface area (Å²) in [4.78, 5) is 25.2. The van der Waals surface area contributed by atoms with Gasteiger partial charge in [-0.25, -0.2) is 0 Å². The molecule has 0 radical (unpaired) electrons. The number of nitrogens with zero attached hydrogens (tertiary/aromatic N) is 1. The van der Waals surface area contributed by atoms with Crippen LogP contribution in [-0.4, -0.2) is 48.4 Å². The Labute approximate surface area is 108 Å². The van der Waals surface area contributed by atoms with Crippen molar-refractivity contribution in [2.75, 3.05) is 26.2 Å². The summed E-state index contributed by atoms with van der Waals surface area (Å²) in [5.74, 6) is -0.0789. The van der Waals surface area contributed by atoms with E-state index in [0.717, 1.165) is 32.5 Å². The van der Waals surface area contributed by atoms with E-state index >= 15 is 0 Å². The lowest BCUT2D eigenvalue weighted by Crippen LogP contribution is -2.64. The van der Waals surface area contributed by atoms with Crippen molar-refractivity contribution in [3.63, 3.8) is 0 Å². The maximum absolute atomic E-state index is 12.3. The standard InChI is InChI=1S/C13H23N3O2/c1-11(17)15-9-12(18)16-8-7-14-10-13(16)5-3-2-4-6-13/h14H,2-10H2,1H3,(H,15,17). The zero-order valence-electron chi connectivity index (χ0n) is 11.1. The molecule has 2 rings (SSSR count). The minimum absolute atomic E-state index is 0.00600. The zero-order valence-corrected chi connectivity index (χ0v) is 11.1. The van der Waals surface area contributed by atoms with Crippen molar-refractivity contribution in [2.24, 2.45) is 0 Å². The topological polar surface area (TPSA) is 61.4 Å². The van der Waals surface area contributed by atoms with Gasteiger partial charge in [0.25, 0.3) is 0 Å². The van der Waals surface area contributed by atoms with Crippen molar-refractivity contribution in [3.8, 4) is 0 Å². The Morgan fingerprint density at radius 3 is 2.67 bits per heavy atom. The Balaban J connectivity index is 2.02. The van der Waals surface area contributed by atoms with Crippen LogP contribution in [0.3, 0.4) is 0 Å². The third-order valence-corrected chi connectivity index (χ3v) is 4.11. The van der Waals surface area contributed by atoms with Crippen LogP contribution in [-0.2, 0) is 9.59 Å². The molecule has 0 bridgehead atoms. The van der Waals surface area contributed by atoms with Crippen LogP contribution in [0.5, 0.6) is 0 Å². The fourth-order valence-corrected chi connectivity index (χ4v) is 3.19. The predicted octanol–water partition coefficient (Wildman–Crippen LogP) is 0.257. The van der Waals surface area contributed by atoms with E-state index in [1.54, 1.807) is 0 Å². The number of amides is 2. The lowest BCUT2D eigenvalue weighted by molar-refractivity contribution is -0.141. The quantitative estimate of drug-likeness (QED) is 0.742. The molecular weight excluding hydrogens is 230 g/mol. The Morgan fingerprint density at radius 2 is 2.00 bits per heavy atom. The summed E-state index contributed by atoms with van der Waals surface area (Å²) >= 11 is 0. The molecule has 2 amide bonds. The molecule has 1 saturated heterocycles. The third kappa shape index (κ3) is 2.83. The van der Waals surface area contributed by atoms with E-state index < -0.39 is 0 Å². The number of nitrogens with one attached hydrogen (secondary N) is 2. The Kier molecular flexibility index (Phi) is 4.22. The van der Waals surface area contributed by atoms with Crippen molar-refractivity contribution < 1.29 is 9.59 Å². The second-order valence-corrected chi connectivity index (χ2v) is 5.42. The van der Waals surface area contributed by atoms with E-state index in [1.165, 1.54) is 26.2 Å². The molecule has 1 spiro atoms. The van der Waals surface area contributed by atoms with Gasteiger partial charge in [0.05, 0.1) is 12.1 Å². The maximum Gasteiger partial charge on any atom is 0.242 e. The highest BCUT2D eigenvalue weighted by Gasteiger charge is 2.41. The lowest BCUT2D eigenvalue weighted by Gasteiger charge is -2.49. The fraction of sp³-hybridized carbons (Fsp3) is 0.846. The maximum atomic E-state index is 12.3. The Morgan fingerprint density at radius 1 is 1.28 bits per heavy atom. The number of hydrogen-bond donors (Lipinski definition) is 2. The summed E-state index contributed by atoms with van der Waals surface area (Å²) in [5.41, 5.74) is 0.00600. The van der Waals surface area contributed by atoms with Gasteiger partial charge >= 0.3 is 0 Å². The third-order valence-electron chi connectivity index (χ3n) is 4.11. The minimum atomic E-state index is -0.142. The second kappa shape index (κ2) is 5.69. The van der Waals surface area contributed by atoms with E-state index in [0.29, 0.717) is 0 Å². The monoisotopic (exact) mass is 253 g/mol. The molecular formula is C13H23N3O2. The van der Waals surface area contributed by atoms with Crippen molar-refractivity contribution in [1.29, 1.82) is 0 Å². The first-order valence-electron chi connectivity index (χ1n) is 6.90. The summed E-state index contributed by atoms with van der Waals surface area (Å²) in [5, 5.41) is 6.03. The van der Waals surface area contributed by atoms with Crippen molar-refractivity contribution >= 4 is 11.8 Å². The average molecular weight is 253 g/mol. The summed E-state index contributed by atoms with van der Waals surface area (Å²) < 4.78 is 0. The molecule has 2 fully saturated rings. The normalized spacial score (nSPS) is 22.8. The van der Waals surface area contributed by atoms with Gasteiger partial charge in [-0.2, -0.15) is 0 Å². The van der Waals surface area contributed by atoms with Gasteiger partial charge in [-0.15, -0.1) is 0 Å². The van der Waals surface area contributed by atoms with Gasteiger partial charge in [-0.1, -0.05) is 19.3 Å². The predicted molar refractivity (Wildman–Crippen MR) is 69.1 cm³/mol. The highest BCUT2D eigenvalue weighted by Crippen LogP contribution is 2.34. The minimum Gasteiger partial charge on any atom is -0.347 e. The van der Waals surface area contributed by atoms with Gasteiger partial charge < -0.3 is 15.5 Å². The molecule has 1 heterocycles. The molecule has 1 aliphatic heterocycles. The molecule has 5 heteroatoms. The molecule has 2 aliphatic rings. The van der Waals surface area contributed by atoms with Crippen molar-refractivity contribution in [3.05, 3.63) is 0 Å². The Hall–Kier alpha value is -1.10. The van der Waals surface area contributed by atoms with E-state index in [1.807, 2.05) is 4.90 Å². The number of carbonyl (C=O) groups is 2. The first-order chi connectivity index (χ1) is 8.64. The molecule has 0 atom stereocenters. The summed E-state index contributed by atoms with van der Waals surface area (Å²) in [6, 6.07) is 0. The molecule has 102 valence electrons. The van der Waals surface area contributed by atoms with Crippen molar-refractivity contribution in [1.82, 2.24) is 15.5 Å². The molecule has 1 aliphatic carbocycles. The molecule has 1 saturated carbocycles. The zero-order chi connectivity index (χ0) is 13.0. The smallest absolute Gasteiger partial charge is 0.242 e. The van der Waals surface area contributed by atoms with E-state index in [9.17, 15) is 9.59 Å². The SMILES string of the molecule is CC(=O)NCC(=O)N1CCNCC12CCCCC2. The van der Waals surface area contributed by atoms with Crippen LogP contribution >= 0.6 is 0 Å². The molecule has 18 heavy (non-hydrogen) atoms. The van der Waals surface area contributed by atoms with E-state index in [4.69, 9.17) is 0 Å². The van der Waals surface area contributed by atoms with Crippen LogP contribution in [0.1, 0.15) is 39.0 Å². The summed E-state index contributed by atoms with van der Waals surface area (Å²) in [7, 11) is 0. The van der Waals surface area contributed by atoms with Gasteiger partial charge in [-0.05, 0) is 12.8 Å². The van der Waals surface area contributed by atoms with Crippen LogP contribution in [0.2, 0.25) is 0 Å². The van der Waals surface area contributed by atoms with Crippen molar-refractivity contribution in [2.45, 2.75) is 44.6 Å². The lowest BCUT2D eigenvalue weighted by atomic mass is 9.79. The van der Waals surface area contributed by atoms with Gasteiger partial charge in [0.15, 0.2) is 0 Å². The number of carbonyl (C=O) groups excluding carboxylic acids is 2. The van der Waals surface area contributed by atoms with Crippen LogP contribution in [0, 0.1) is 0 Å². The van der Waals surface area contributed by atoms with E-state index in [-0.39, 0.29) is 23.9 Å². The van der Waals surface area contributed by atoms with E-state index in [2.05, 4.69) is 10.6 Å². The molecule has 0 aromatic rings. The first kappa shape index (κ1) is 13.3. The largest absolute Gasteiger partial charge is 0.347 e. The van der Waals surface area contributed by atoms with Crippen LogP contribution in [0.15, 0.2) is 0 Å². The highest BCUT2D eigenvalue weighted by atomic mass is 16.2. The molecule has 2 N–H and O–H groups in total. The summed E-state index contributed by atoms with van der Waals surface area (Å²) in [6.07, 6.45) is 5.85. The highest BCUT2D eigenvalue weighted by molar-refractivity contribution is 5.84. The Bertz CT molecular complexity index is 316. The summed E-state index contributed by atoms with van der Waals surface area (Å²) in [6.45, 7) is 4.10. The fourth-order valence-electron chi connectivity index (χ4n) is 3.19. The number of hydrogen-bond acceptors (Lipinski definition) is 3. The first-order valence-corrected chi connectivity index (χ1v) is 6.90. The van der Waals surface area contributed by atoms with Crippen LogP contribution < -0.4 is 10.6 Å². The molecule has 0 unspecified atom stereocenters. The van der Waals surface area contributed by atoms with Gasteiger partial charge in [-0.3, -0.25) is 9.59 Å². The number of rotatable bonds is 2. The van der Waals surface area contributed by atoms with Crippen LogP contribution in [0.25, 0.3) is 0 Å². The number of piperazine rings is 1. The van der Waals surface area contributed by atoms with Gasteiger partial charge in [0, 0.05) is 26.6 Å².